The molecule has 162 valence electrons. The van der Waals surface area contributed by atoms with E-state index in [4.69, 9.17) is 31.1 Å². The first-order valence-electron chi connectivity index (χ1n) is 10.3. The van der Waals surface area contributed by atoms with Gasteiger partial charge in [0.05, 0.1) is 18.7 Å². The highest BCUT2D eigenvalue weighted by Gasteiger charge is 2.60. The van der Waals surface area contributed by atoms with Crippen LogP contribution >= 0.6 is 23.4 Å². The van der Waals surface area contributed by atoms with Gasteiger partial charge < -0.3 is 4.74 Å². The normalized spacial score (nSPS) is 23.0. The van der Waals surface area contributed by atoms with E-state index in [2.05, 4.69) is 26.0 Å². The van der Waals surface area contributed by atoms with Gasteiger partial charge in [-0.3, -0.25) is 9.88 Å². The van der Waals surface area contributed by atoms with E-state index in [-0.39, 0.29) is 4.75 Å². The van der Waals surface area contributed by atoms with Gasteiger partial charge in [0.25, 0.3) is 0 Å². The summed E-state index contributed by atoms with van der Waals surface area (Å²) in [5.74, 6) is -1.09. The Morgan fingerprint density at radius 3 is 2.87 bits per heavy atom. The molecule has 3 aliphatic heterocycles. The molecule has 2 fully saturated rings. The second-order valence-electron chi connectivity index (χ2n) is 8.29. The monoisotopic (exact) mass is 458 g/mol. The highest BCUT2D eigenvalue weighted by Crippen LogP contribution is 2.53. The van der Waals surface area contributed by atoms with Crippen molar-refractivity contribution in [3.63, 3.8) is 0 Å². The minimum atomic E-state index is -1.09. The quantitative estimate of drug-likeness (QED) is 0.400. The third-order valence-electron chi connectivity index (χ3n) is 5.87. The van der Waals surface area contributed by atoms with Crippen molar-refractivity contribution in [1.29, 1.82) is 0 Å². The average Bonchev–Trinajstić information content (AvgIpc) is 3.50. The van der Waals surface area contributed by atoms with Gasteiger partial charge in [-0.1, -0.05) is 29.3 Å². The van der Waals surface area contributed by atoms with Crippen LogP contribution in [0, 0.1) is 0 Å². The van der Waals surface area contributed by atoms with Crippen LogP contribution < -0.4 is 0 Å². The van der Waals surface area contributed by atoms with E-state index in [1.54, 1.807) is 18.7 Å². The van der Waals surface area contributed by atoms with Crippen molar-refractivity contribution in [2.45, 2.75) is 49.2 Å². The van der Waals surface area contributed by atoms with Crippen LogP contribution in [0.3, 0.4) is 0 Å². The summed E-state index contributed by atoms with van der Waals surface area (Å²) in [5, 5.41) is 0.702. The van der Waals surface area contributed by atoms with Gasteiger partial charge in [0.1, 0.15) is 0 Å². The lowest BCUT2D eigenvalue weighted by Crippen LogP contribution is -2.47. The first-order valence-corrected chi connectivity index (χ1v) is 11.5. The second kappa shape index (κ2) is 7.52. The van der Waals surface area contributed by atoms with Gasteiger partial charge in [-0.15, -0.1) is 11.8 Å². The molecule has 0 N–H and O–H groups in total. The smallest absolute Gasteiger partial charge is 0.414 e. The van der Waals surface area contributed by atoms with Crippen molar-refractivity contribution < 1.29 is 19.3 Å². The summed E-state index contributed by atoms with van der Waals surface area (Å²) < 4.78 is 5.00. The van der Waals surface area contributed by atoms with Crippen molar-refractivity contribution >= 4 is 35.0 Å². The summed E-state index contributed by atoms with van der Waals surface area (Å²) >= 11 is 8.15. The van der Waals surface area contributed by atoms with Gasteiger partial charge >= 0.3 is 12.0 Å². The largest absolute Gasteiger partial charge is 0.450 e. The Balaban J connectivity index is 1.67. The number of carbonyl (C=O) groups excluding carboxylic acids is 1. The predicted molar refractivity (Wildman–Crippen MR) is 118 cm³/mol. The van der Waals surface area contributed by atoms with E-state index in [1.165, 1.54) is 4.90 Å². The number of hydrogen-bond acceptors (Lipinski definition) is 6. The molecule has 4 heterocycles. The minimum absolute atomic E-state index is 0.193. The molecular weight excluding hydrogens is 436 g/mol. The van der Waals surface area contributed by atoms with E-state index in [1.807, 2.05) is 24.4 Å². The van der Waals surface area contributed by atoms with E-state index in [9.17, 15) is 4.79 Å². The summed E-state index contributed by atoms with van der Waals surface area (Å²) in [7, 11) is 0. The molecule has 3 aliphatic rings. The maximum Gasteiger partial charge on any atom is 0.414 e. The second-order valence-corrected chi connectivity index (χ2v) is 10.4. The number of hydrogen-bond donors (Lipinski definition) is 0. The number of halogens is 1. The number of benzene rings is 1. The minimum Gasteiger partial charge on any atom is -0.450 e. The Kier molecular flexibility index (Phi) is 5.05. The first kappa shape index (κ1) is 20.8. The fraction of sp³-hybridized carbons (Fsp3) is 0.391. The Bertz CT molecular complexity index is 1100. The van der Waals surface area contributed by atoms with Crippen molar-refractivity contribution in [2.24, 2.45) is 0 Å². The number of rotatable bonds is 1. The third-order valence-corrected chi connectivity index (χ3v) is 7.40. The van der Waals surface area contributed by atoms with Gasteiger partial charge in [-0.25, -0.2) is 4.79 Å². The summed E-state index contributed by atoms with van der Waals surface area (Å²) in [5.41, 5.74) is 5.42. The van der Waals surface area contributed by atoms with Crippen LogP contribution in [0.4, 0.5) is 4.79 Å². The van der Waals surface area contributed by atoms with Crippen LogP contribution in [0.2, 0.25) is 5.02 Å². The lowest BCUT2D eigenvalue weighted by molar-refractivity contribution is 0.0359. The van der Waals surface area contributed by atoms with Crippen molar-refractivity contribution in [2.75, 3.05) is 13.2 Å². The predicted octanol–water partition coefficient (Wildman–Crippen LogP) is 5.75. The van der Waals surface area contributed by atoms with Gasteiger partial charge in [0, 0.05) is 33.0 Å². The molecule has 1 spiro atoms. The fourth-order valence-corrected chi connectivity index (χ4v) is 5.93. The van der Waals surface area contributed by atoms with Crippen molar-refractivity contribution in [3.8, 4) is 0 Å². The fourth-order valence-electron chi connectivity index (χ4n) is 4.41. The van der Waals surface area contributed by atoms with E-state index in [0.717, 1.165) is 32.9 Å². The molecule has 0 unspecified atom stereocenters. The molecule has 31 heavy (non-hydrogen) atoms. The van der Waals surface area contributed by atoms with Crippen LogP contribution in [-0.2, 0) is 19.3 Å². The zero-order valence-corrected chi connectivity index (χ0v) is 19.2. The standard InChI is InChI=1S/C23H23ClN2O4S/c1-4-28-21(27)26-11-9-14(13-23(26)29-30-23)19-16-8-7-15(24)12-18(16)31-22(2,3)17-6-5-10-25-20(17)19/h5-8,10,12H,4,9,11,13H2,1-3H3. The third kappa shape index (κ3) is 3.53. The Hall–Kier alpha value is -2.06. The van der Waals surface area contributed by atoms with Crippen molar-refractivity contribution in [3.05, 3.63) is 63.9 Å². The summed E-state index contributed by atoms with van der Waals surface area (Å²) in [6, 6.07) is 10.1. The molecule has 1 aromatic carbocycles. The molecule has 0 bridgehead atoms. The van der Waals surface area contributed by atoms with Gasteiger partial charge in [0.15, 0.2) is 0 Å². The number of pyridine rings is 1. The van der Waals surface area contributed by atoms with E-state index >= 15 is 0 Å². The first-order chi connectivity index (χ1) is 14.8. The molecule has 1 amide bonds. The zero-order chi connectivity index (χ0) is 21.8. The summed E-state index contributed by atoms with van der Waals surface area (Å²) in [6.45, 7) is 6.94. The molecule has 0 saturated carbocycles. The van der Waals surface area contributed by atoms with Gasteiger partial charge in [-0.05, 0) is 56.5 Å². The van der Waals surface area contributed by atoms with Crippen LogP contribution in [-0.4, -0.2) is 35.0 Å². The maximum atomic E-state index is 12.4. The molecule has 8 heteroatoms. The molecule has 0 atom stereocenters. The van der Waals surface area contributed by atoms with E-state index in [0.29, 0.717) is 31.0 Å². The zero-order valence-electron chi connectivity index (χ0n) is 17.6. The average molecular weight is 459 g/mol. The SMILES string of the molecule is CCOC(=O)N1CCC(=C2c3ccc(Cl)cc3SC(C)(C)c3cccnc32)CC12OO2. The van der Waals surface area contributed by atoms with Crippen LogP contribution in [0.25, 0.3) is 5.57 Å². The highest BCUT2D eigenvalue weighted by molar-refractivity contribution is 8.00. The number of amides is 1. The van der Waals surface area contributed by atoms with Crippen LogP contribution in [0.15, 0.2) is 47.0 Å². The lowest BCUT2D eigenvalue weighted by atomic mass is 9.86. The van der Waals surface area contributed by atoms with Crippen molar-refractivity contribution in [1.82, 2.24) is 9.88 Å². The molecular formula is C23H23ClN2O4S. The Morgan fingerprint density at radius 2 is 2.13 bits per heavy atom. The van der Waals surface area contributed by atoms with Gasteiger partial charge in [0.2, 0.25) is 0 Å². The topological polar surface area (TPSA) is 67.5 Å². The number of nitrogens with zero attached hydrogens (tertiary/aromatic N) is 2. The number of aromatic nitrogens is 1. The molecule has 0 radical (unpaired) electrons. The lowest BCUT2D eigenvalue weighted by Gasteiger charge is -2.32. The molecule has 1 aromatic heterocycles. The molecule has 2 aromatic rings. The number of fused-ring (bicyclic) bond motifs is 2. The van der Waals surface area contributed by atoms with E-state index < -0.39 is 12.0 Å². The Labute approximate surface area is 190 Å². The molecule has 5 rings (SSSR count). The number of ether oxygens (including phenoxy) is 1. The summed E-state index contributed by atoms with van der Waals surface area (Å²) in [4.78, 5) is 30.6. The number of piperidine rings is 1. The Morgan fingerprint density at radius 1 is 1.32 bits per heavy atom. The number of carbonyl (C=O) groups is 1. The maximum absolute atomic E-state index is 12.4. The molecule has 0 aliphatic carbocycles. The van der Waals surface area contributed by atoms with Crippen LogP contribution in [0.1, 0.15) is 50.4 Å². The summed E-state index contributed by atoms with van der Waals surface area (Å²) in [6.07, 6.45) is 2.51. The highest BCUT2D eigenvalue weighted by atomic mass is 35.5. The number of thioether (sulfide) groups is 1. The van der Waals surface area contributed by atoms with Crippen LogP contribution in [0.5, 0.6) is 0 Å². The molecule has 6 nitrogen and oxygen atoms in total. The van der Waals surface area contributed by atoms with Gasteiger partial charge in [-0.2, -0.15) is 9.78 Å². The molecule has 2 saturated heterocycles. The number of likely N-dealkylation sites (tertiary alicyclic amines) is 1.